The first-order chi connectivity index (χ1) is 13.9. The van der Waals surface area contributed by atoms with Crippen LogP contribution in [-0.2, 0) is 11.3 Å². The van der Waals surface area contributed by atoms with Gasteiger partial charge in [-0.2, -0.15) is 0 Å². The van der Waals surface area contributed by atoms with Gasteiger partial charge in [-0.25, -0.2) is 9.78 Å². The SMILES string of the molecule is CCn1c(SCCC(=O)Nc2cc(C(=O)O)ccc2Cl)nc2ccccc2c1=O. The van der Waals surface area contributed by atoms with Gasteiger partial charge in [0.25, 0.3) is 5.56 Å². The molecule has 9 heteroatoms. The number of nitrogens with zero attached hydrogens (tertiary/aromatic N) is 2. The molecule has 3 rings (SSSR count). The second-order valence-electron chi connectivity index (χ2n) is 6.11. The molecule has 0 saturated heterocycles. The number of nitrogens with one attached hydrogen (secondary N) is 1. The number of para-hydroxylation sites is 1. The van der Waals surface area contributed by atoms with E-state index in [4.69, 9.17) is 16.7 Å². The quantitative estimate of drug-likeness (QED) is 0.434. The van der Waals surface area contributed by atoms with E-state index in [-0.39, 0.29) is 34.2 Å². The van der Waals surface area contributed by atoms with Crippen molar-refractivity contribution < 1.29 is 14.7 Å². The van der Waals surface area contributed by atoms with Crippen molar-refractivity contribution in [2.24, 2.45) is 0 Å². The van der Waals surface area contributed by atoms with Crippen molar-refractivity contribution in [3.8, 4) is 0 Å². The largest absolute Gasteiger partial charge is 0.478 e. The zero-order chi connectivity index (χ0) is 21.0. The van der Waals surface area contributed by atoms with Crippen molar-refractivity contribution in [2.75, 3.05) is 11.1 Å². The van der Waals surface area contributed by atoms with Crippen LogP contribution in [0.15, 0.2) is 52.4 Å². The van der Waals surface area contributed by atoms with Gasteiger partial charge in [-0.1, -0.05) is 35.5 Å². The number of carbonyl (C=O) groups is 2. The number of thioether (sulfide) groups is 1. The highest BCUT2D eigenvalue weighted by Gasteiger charge is 2.13. The van der Waals surface area contributed by atoms with E-state index in [2.05, 4.69) is 10.3 Å². The maximum atomic E-state index is 12.6. The molecule has 0 aliphatic rings. The monoisotopic (exact) mass is 431 g/mol. The van der Waals surface area contributed by atoms with Crippen LogP contribution in [0.4, 0.5) is 5.69 Å². The zero-order valence-corrected chi connectivity index (χ0v) is 17.1. The van der Waals surface area contributed by atoms with E-state index in [1.54, 1.807) is 22.8 Å². The van der Waals surface area contributed by atoms with Crippen LogP contribution < -0.4 is 10.9 Å². The van der Waals surface area contributed by atoms with Crippen molar-refractivity contribution in [2.45, 2.75) is 25.0 Å². The lowest BCUT2D eigenvalue weighted by molar-refractivity contribution is -0.115. The Kier molecular flexibility index (Phi) is 6.56. The summed E-state index contributed by atoms with van der Waals surface area (Å²) in [5, 5.41) is 13.0. The Labute approximate surface area is 175 Å². The molecule has 3 aromatic rings. The summed E-state index contributed by atoms with van der Waals surface area (Å²) >= 11 is 7.34. The van der Waals surface area contributed by atoms with Gasteiger partial charge in [-0.15, -0.1) is 0 Å². The van der Waals surface area contributed by atoms with Crippen LogP contribution in [0.5, 0.6) is 0 Å². The Morgan fingerprint density at radius 1 is 1.24 bits per heavy atom. The number of halogens is 1. The molecule has 0 aliphatic heterocycles. The van der Waals surface area contributed by atoms with Crippen molar-refractivity contribution in [1.29, 1.82) is 0 Å². The summed E-state index contributed by atoms with van der Waals surface area (Å²) in [6, 6.07) is 11.3. The molecule has 0 aliphatic carbocycles. The fourth-order valence-corrected chi connectivity index (χ4v) is 3.90. The molecule has 150 valence electrons. The average Bonchev–Trinajstić information content (AvgIpc) is 2.70. The number of aromatic nitrogens is 2. The first-order valence-electron chi connectivity index (χ1n) is 8.85. The number of anilines is 1. The second kappa shape index (κ2) is 9.11. The fourth-order valence-electron chi connectivity index (χ4n) is 2.74. The molecule has 0 fully saturated rings. The minimum atomic E-state index is -1.10. The molecule has 0 spiro atoms. The smallest absolute Gasteiger partial charge is 0.335 e. The van der Waals surface area contributed by atoms with Gasteiger partial charge < -0.3 is 10.4 Å². The Bertz CT molecular complexity index is 1150. The first-order valence-corrected chi connectivity index (χ1v) is 10.2. The standard InChI is InChI=1S/C20H18ClN3O4S/c1-2-24-18(26)13-5-3-4-6-15(13)23-20(24)29-10-9-17(25)22-16-11-12(19(27)28)7-8-14(16)21/h3-8,11H,2,9-10H2,1H3,(H,22,25)(H,27,28). The van der Waals surface area contributed by atoms with Gasteiger partial charge in [0.15, 0.2) is 5.16 Å². The second-order valence-corrected chi connectivity index (χ2v) is 7.58. The molecule has 2 aromatic carbocycles. The van der Waals surface area contributed by atoms with Gasteiger partial charge in [-0.05, 0) is 37.3 Å². The summed E-state index contributed by atoms with van der Waals surface area (Å²) < 4.78 is 1.58. The predicted octanol–water partition coefficient (Wildman–Crippen LogP) is 3.89. The molecule has 0 radical (unpaired) electrons. The molecule has 0 atom stereocenters. The van der Waals surface area contributed by atoms with Crippen molar-refractivity contribution in [1.82, 2.24) is 9.55 Å². The van der Waals surface area contributed by atoms with Crippen LogP contribution >= 0.6 is 23.4 Å². The van der Waals surface area contributed by atoms with Crippen LogP contribution in [0.2, 0.25) is 5.02 Å². The molecule has 1 heterocycles. The minimum Gasteiger partial charge on any atom is -0.478 e. The molecule has 29 heavy (non-hydrogen) atoms. The molecule has 1 aromatic heterocycles. The number of benzene rings is 2. The van der Waals surface area contributed by atoms with Gasteiger partial charge >= 0.3 is 5.97 Å². The fraction of sp³-hybridized carbons (Fsp3) is 0.200. The number of amides is 1. The number of fused-ring (bicyclic) bond motifs is 1. The third-order valence-electron chi connectivity index (χ3n) is 4.19. The van der Waals surface area contributed by atoms with Crippen molar-refractivity contribution >= 4 is 51.8 Å². The van der Waals surface area contributed by atoms with E-state index in [0.29, 0.717) is 28.4 Å². The van der Waals surface area contributed by atoms with Gasteiger partial charge in [0.05, 0.1) is 27.2 Å². The summed E-state index contributed by atoms with van der Waals surface area (Å²) in [4.78, 5) is 40.5. The molecular formula is C20H18ClN3O4S. The molecule has 2 N–H and O–H groups in total. The Hall–Kier alpha value is -2.84. The lowest BCUT2D eigenvalue weighted by Crippen LogP contribution is -2.22. The summed E-state index contributed by atoms with van der Waals surface area (Å²) in [6.45, 7) is 2.34. The van der Waals surface area contributed by atoms with E-state index in [0.717, 1.165) is 0 Å². The molecule has 1 amide bonds. The molecule has 0 bridgehead atoms. The number of aromatic carboxylic acids is 1. The van der Waals surface area contributed by atoms with Crippen molar-refractivity contribution in [3.63, 3.8) is 0 Å². The maximum Gasteiger partial charge on any atom is 0.335 e. The molecular weight excluding hydrogens is 414 g/mol. The summed E-state index contributed by atoms with van der Waals surface area (Å²) in [5.74, 6) is -1.02. The number of carbonyl (C=O) groups excluding carboxylic acids is 1. The third-order valence-corrected chi connectivity index (χ3v) is 5.50. The van der Waals surface area contributed by atoms with Gasteiger partial charge in [0, 0.05) is 18.7 Å². The lowest BCUT2D eigenvalue weighted by atomic mass is 10.2. The molecule has 0 unspecified atom stereocenters. The molecule has 7 nitrogen and oxygen atoms in total. The Morgan fingerprint density at radius 2 is 2.00 bits per heavy atom. The maximum absolute atomic E-state index is 12.6. The number of hydrogen-bond donors (Lipinski definition) is 2. The number of carboxylic acids is 1. The van der Waals surface area contributed by atoms with Gasteiger partial charge in [0.2, 0.25) is 5.91 Å². The highest BCUT2D eigenvalue weighted by Crippen LogP contribution is 2.24. The lowest BCUT2D eigenvalue weighted by Gasteiger charge is -2.11. The number of rotatable bonds is 7. The summed E-state index contributed by atoms with van der Waals surface area (Å²) in [7, 11) is 0. The minimum absolute atomic E-state index is 0.0337. The van der Waals surface area contributed by atoms with E-state index in [9.17, 15) is 14.4 Å². The zero-order valence-electron chi connectivity index (χ0n) is 15.5. The number of hydrogen-bond acceptors (Lipinski definition) is 5. The highest BCUT2D eigenvalue weighted by molar-refractivity contribution is 7.99. The number of carboxylic acid groups (broad SMARTS) is 1. The van der Waals surface area contributed by atoms with E-state index in [1.165, 1.54) is 30.0 Å². The normalized spacial score (nSPS) is 10.8. The Morgan fingerprint density at radius 3 is 2.72 bits per heavy atom. The third kappa shape index (κ3) is 4.78. The topological polar surface area (TPSA) is 101 Å². The van der Waals surface area contributed by atoms with E-state index >= 15 is 0 Å². The van der Waals surface area contributed by atoms with Crippen LogP contribution in [0, 0.1) is 0 Å². The van der Waals surface area contributed by atoms with Crippen LogP contribution in [-0.4, -0.2) is 32.3 Å². The first kappa shape index (κ1) is 20.9. The molecule has 0 saturated carbocycles. The van der Waals surface area contributed by atoms with Crippen molar-refractivity contribution in [3.05, 3.63) is 63.4 Å². The van der Waals surface area contributed by atoms with E-state index in [1.807, 2.05) is 13.0 Å². The van der Waals surface area contributed by atoms with Crippen LogP contribution in [0.3, 0.4) is 0 Å². The highest BCUT2D eigenvalue weighted by atomic mass is 35.5. The van der Waals surface area contributed by atoms with Crippen LogP contribution in [0.25, 0.3) is 10.9 Å². The van der Waals surface area contributed by atoms with Gasteiger partial charge in [0.1, 0.15) is 0 Å². The van der Waals surface area contributed by atoms with Gasteiger partial charge in [-0.3, -0.25) is 14.2 Å². The van der Waals surface area contributed by atoms with Crippen LogP contribution in [0.1, 0.15) is 23.7 Å². The predicted molar refractivity (Wildman–Crippen MR) is 114 cm³/mol. The Balaban J connectivity index is 1.69. The average molecular weight is 432 g/mol. The summed E-state index contributed by atoms with van der Waals surface area (Å²) in [5.41, 5.74) is 0.788. The van der Waals surface area contributed by atoms with E-state index < -0.39 is 5.97 Å². The summed E-state index contributed by atoms with van der Waals surface area (Å²) in [6.07, 6.45) is 0.144.